The molecule has 2 N–H and O–H groups in total. The smallest absolute Gasteiger partial charge is 0.341 e. The minimum absolute atomic E-state index is 0.248. The average molecular weight is 434 g/mol. The Balaban J connectivity index is 1.56. The van der Waals surface area contributed by atoms with Crippen LogP contribution >= 0.6 is 11.3 Å². The highest BCUT2D eigenvalue weighted by Gasteiger charge is 2.54. The first-order valence-corrected chi connectivity index (χ1v) is 11.5. The summed E-state index contributed by atoms with van der Waals surface area (Å²) in [5, 5.41) is 6.05. The lowest BCUT2D eigenvalue weighted by Gasteiger charge is -2.23. The number of amides is 4. The molecule has 2 aliphatic carbocycles. The summed E-state index contributed by atoms with van der Waals surface area (Å²) in [7, 11) is 0. The number of hydrogen-bond donors (Lipinski definition) is 2. The second kappa shape index (κ2) is 8.02. The van der Waals surface area contributed by atoms with Gasteiger partial charge in [-0.1, -0.05) is 12.8 Å². The zero-order valence-electron chi connectivity index (χ0n) is 17.3. The van der Waals surface area contributed by atoms with Crippen molar-refractivity contribution in [3.8, 4) is 0 Å². The number of ether oxygens (including phenoxy) is 1. The summed E-state index contributed by atoms with van der Waals surface area (Å²) in [4.78, 5) is 53.2. The predicted octanol–water partition coefficient (Wildman–Crippen LogP) is 3.00. The van der Waals surface area contributed by atoms with E-state index in [2.05, 4.69) is 10.6 Å². The van der Waals surface area contributed by atoms with Crippen molar-refractivity contribution in [2.24, 2.45) is 0 Å². The van der Waals surface area contributed by atoms with Crippen LogP contribution in [0.25, 0.3) is 0 Å². The van der Waals surface area contributed by atoms with Crippen LogP contribution in [0, 0.1) is 0 Å². The number of hydrogen-bond acceptors (Lipinski definition) is 6. The van der Waals surface area contributed by atoms with Crippen LogP contribution in [0.2, 0.25) is 0 Å². The third-order valence-electron chi connectivity index (χ3n) is 6.30. The van der Waals surface area contributed by atoms with Gasteiger partial charge in [-0.05, 0) is 57.9 Å². The molecule has 2 fully saturated rings. The van der Waals surface area contributed by atoms with Gasteiger partial charge in [-0.3, -0.25) is 9.59 Å². The van der Waals surface area contributed by atoms with Crippen molar-refractivity contribution in [1.29, 1.82) is 0 Å². The Kier molecular flexibility index (Phi) is 5.57. The van der Waals surface area contributed by atoms with Crippen LogP contribution in [0.5, 0.6) is 0 Å². The minimum Gasteiger partial charge on any atom is -0.462 e. The maximum atomic E-state index is 13.0. The maximum absolute atomic E-state index is 13.0. The molecule has 3 aliphatic rings. The zero-order chi connectivity index (χ0) is 21.5. The van der Waals surface area contributed by atoms with Gasteiger partial charge in [0.15, 0.2) is 0 Å². The number of rotatable bonds is 5. The SMILES string of the molecule is CCOC(=O)c1c(NC(=O)C(C)N2C(=O)NC3(CCCC3)C2=O)sc2c1CCCC2. The number of nitrogens with zero attached hydrogens (tertiary/aromatic N) is 1. The van der Waals surface area contributed by atoms with Gasteiger partial charge < -0.3 is 15.4 Å². The van der Waals surface area contributed by atoms with E-state index >= 15 is 0 Å². The molecule has 4 amide bonds. The van der Waals surface area contributed by atoms with E-state index in [0.29, 0.717) is 23.4 Å². The summed E-state index contributed by atoms with van der Waals surface area (Å²) in [5.41, 5.74) is 0.512. The first kappa shape index (κ1) is 20.8. The molecule has 9 heteroatoms. The van der Waals surface area contributed by atoms with Crippen molar-refractivity contribution in [3.05, 3.63) is 16.0 Å². The Labute approximate surface area is 179 Å². The summed E-state index contributed by atoms with van der Waals surface area (Å²) >= 11 is 1.39. The molecule has 2 heterocycles. The summed E-state index contributed by atoms with van der Waals surface area (Å²) < 4.78 is 5.22. The van der Waals surface area contributed by atoms with Gasteiger partial charge in [0.2, 0.25) is 5.91 Å². The molecule has 1 aromatic rings. The highest BCUT2D eigenvalue weighted by atomic mass is 32.1. The van der Waals surface area contributed by atoms with Gasteiger partial charge in [-0.2, -0.15) is 0 Å². The standard InChI is InChI=1S/C21H27N3O5S/c1-3-29-18(26)15-13-8-4-5-9-14(13)30-17(15)22-16(25)12(2)24-19(27)21(23-20(24)28)10-6-7-11-21/h12H,3-11H2,1-2H3,(H,22,25)(H,23,28). The van der Waals surface area contributed by atoms with E-state index in [-0.39, 0.29) is 12.5 Å². The average Bonchev–Trinajstić information content (AvgIpc) is 3.38. The predicted molar refractivity (Wildman–Crippen MR) is 112 cm³/mol. The fourth-order valence-corrected chi connectivity index (χ4v) is 6.00. The van der Waals surface area contributed by atoms with Crippen molar-refractivity contribution < 1.29 is 23.9 Å². The molecule has 1 saturated heterocycles. The van der Waals surface area contributed by atoms with Crippen molar-refractivity contribution >= 4 is 40.2 Å². The number of imide groups is 1. The highest BCUT2D eigenvalue weighted by molar-refractivity contribution is 7.17. The van der Waals surface area contributed by atoms with E-state index in [1.807, 2.05) is 0 Å². The molecule has 1 aliphatic heterocycles. The highest BCUT2D eigenvalue weighted by Crippen LogP contribution is 2.39. The number of thiophene rings is 1. The van der Waals surface area contributed by atoms with E-state index < -0.39 is 29.5 Å². The second-order valence-electron chi connectivity index (χ2n) is 8.20. The molecule has 0 aromatic carbocycles. The Bertz CT molecular complexity index is 903. The fourth-order valence-electron chi connectivity index (χ4n) is 4.72. The van der Waals surface area contributed by atoms with E-state index in [0.717, 1.165) is 53.9 Å². The number of nitrogens with one attached hydrogen (secondary N) is 2. The van der Waals surface area contributed by atoms with Gasteiger partial charge in [0.05, 0.1) is 12.2 Å². The number of urea groups is 1. The summed E-state index contributed by atoms with van der Waals surface area (Å²) in [6, 6.07) is -1.51. The largest absolute Gasteiger partial charge is 0.462 e. The Morgan fingerprint density at radius 1 is 1.20 bits per heavy atom. The van der Waals surface area contributed by atoms with E-state index in [1.54, 1.807) is 13.8 Å². The molecule has 4 rings (SSSR count). The quantitative estimate of drug-likeness (QED) is 0.549. The second-order valence-corrected chi connectivity index (χ2v) is 9.30. The van der Waals surface area contributed by atoms with Gasteiger partial charge in [0, 0.05) is 4.88 Å². The molecule has 1 spiro atoms. The Hall–Kier alpha value is -2.42. The lowest BCUT2D eigenvalue weighted by atomic mass is 9.95. The fraction of sp³-hybridized carbons (Fsp3) is 0.619. The third kappa shape index (κ3) is 3.38. The molecular formula is C21H27N3O5S. The molecule has 0 radical (unpaired) electrons. The lowest BCUT2D eigenvalue weighted by Crippen LogP contribution is -2.48. The number of esters is 1. The number of carbonyl (C=O) groups is 4. The van der Waals surface area contributed by atoms with Crippen molar-refractivity contribution in [2.75, 3.05) is 11.9 Å². The number of aryl methyl sites for hydroxylation is 1. The van der Waals surface area contributed by atoms with Crippen LogP contribution in [0.4, 0.5) is 9.80 Å². The summed E-state index contributed by atoms with van der Waals surface area (Å²) in [6.07, 6.45) is 6.65. The number of fused-ring (bicyclic) bond motifs is 1. The van der Waals surface area contributed by atoms with Crippen LogP contribution in [0.15, 0.2) is 0 Å². The molecule has 8 nitrogen and oxygen atoms in total. The van der Waals surface area contributed by atoms with Crippen LogP contribution in [-0.2, 0) is 27.2 Å². The van der Waals surface area contributed by atoms with Crippen molar-refractivity contribution in [1.82, 2.24) is 10.2 Å². The van der Waals surface area contributed by atoms with Gasteiger partial charge in [-0.25, -0.2) is 14.5 Å². The van der Waals surface area contributed by atoms with Crippen LogP contribution in [0.1, 0.15) is 73.2 Å². The zero-order valence-corrected chi connectivity index (χ0v) is 18.2. The topological polar surface area (TPSA) is 105 Å². The summed E-state index contributed by atoms with van der Waals surface area (Å²) in [5.74, 6) is -1.26. The molecule has 1 aromatic heterocycles. The van der Waals surface area contributed by atoms with Crippen molar-refractivity contribution in [2.45, 2.75) is 76.8 Å². The van der Waals surface area contributed by atoms with E-state index in [9.17, 15) is 19.2 Å². The van der Waals surface area contributed by atoms with Crippen LogP contribution < -0.4 is 10.6 Å². The van der Waals surface area contributed by atoms with Gasteiger partial charge >= 0.3 is 12.0 Å². The first-order chi connectivity index (χ1) is 14.4. The normalized spacial score (nSPS) is 20.8. The third-order valence-corrected chi connectivity index (χ3v) is 7.51. The minimum atomic E-state index is -0.980. The molecule has 30 heavy (non-hydrogen) atoms. The molecular weight excluding hydrogens is 406 g/mol. The van der Waals surface area contributed by atoms with Crippen LogP contribution in [0.3, 0.4) is 0 Å². The number of anilines is 1. The Morgan fingerprint density at radius 2 is 1.90 bits per heavy atom. The van der Waals surface area contributed by atoms with Crippen molar-refractivity contribution in [3.63, 3.8) is 0 Å². The van der Waals surface area contributed by atoms with Gasteiger partial charge in [0.1, 0.15) is 16.6 Å². The molecule has 1 saturated carbocycles. The first-order valence-electron chi connectivity index (χ1n) is 10.7. The van der Waals surface area contributed by atoms with E-state index in [4.69, 9.17) is 4.74 Å². The Morgan fingerprint density at radius 3 is 2.60 bits per heavy atom. The lowest BCUT2D eigenvalue weighted by molar-refractivity contribution is -0.136. The van der Waals surface area contributed by atoms with Crippen LogP contribution in [-0.4, -0.2) is 46.9 Å². The summed E-state index contributed by atoms with van der Waals surface area (Å²) in [6.45, 7) is 3.53. The monoisotopic (exact) mass is 433 g/mol. The molecule has 162 valence electrons. The molecule has 1 unspecified atom stereocenters. The van der Waals surface area contributed by atoms with Gasteiger partial charge in [0.25, 0.3) is 5.91 Å². The molecule has 1 atom stereocenters. The van der Waals surface area contributed by atoms with Gasteiger partial charge in [-0.15, -0.1) is 11.3 Å². The molecule has 0 bridgehead atoms. The number of carbonyl (C=O) groups excluding carboxylic acids is 4. The van der Waals surface area contributed by atoms with E-state index in [1.165, 1.54) is 11.3 Å². The maximum Gasteiger partial charge on any atom is 0.341 e.